The third-order valence-corrected chi connectivity index (χ3v) is 3.52. The van der Waals surface area contributed by atoms with Gasteiger partial charge >= 0.3 is 0 Å². The number of hydrogen-bond acceptors (Lipinski definition) is 4. The van der Waals surface area contributed by atoms with E-state index in [0.29, 0.717) is 17.0 Å². The maximum atomic E-state index is 12.3. The van der Waals surface area contributed by atoms with Crippen molar-refractivity contribution in [3.8, 4) is 5.75 Å². The molecular formula is C15H16N2O2S. The smallest absolute Gasteiger partial charge is 0.259 e. The van der Waals surface area contributed by atoms with Gasteiger partial charge in [0.2, 0.25) is 0 Å². The maximum Gasteiger partial charge on any atom is 0.259 e. The topological polar surface area (TPSA) is 64.3 Å². The third kappa shape index (κ3) is 3.24. The summed E-state index contributed by atoms with van der Waals surface area (Å²) >= 11 is 1.62. The van der Waals surface area contributed by atoms with E-state index in [9.17, 15) is 4.79 Å². The van der Waals surface area contributed by atoms with Gasteiger partial charge in [-0.05, 0) is 36.6 Å². The molecule has 2 aromatic rings. The van der Waals surface area contributed by atoms with Gasteiger partial charge in [-0.2, -0.15) is 0 Å². The molecule has 0 atom stereocenters. The molecule has 4 nitrogen and oxygen atoms in total. The lowest BCUT2D eigenvalue weighted by Gasteiger charge is -2.10. The van der Waals surface area contributed by atoms with Gasteiger partial charge in [-0.15, -0.1) is 11.8 Å². The lowest BCUT2D eigenvalue weighted by Crippen LogP contribution is -2.13. The Kier molecular flexibility index (Phi) is 4.53. The van der Waals surface area contributed by atoms with E-state index in [2.05, 4.69) is 5.32 Å². The Morgan fingerprint density at radius 1 is 1.25 bits per heavy atom. The number of ether oxygens (including phenoxy) is 1. The largest absolute Gasteiger partial charge is 0.496 e. The lowest BCUT2D eigenvalue weighted by molar-refractivity contribution is 0.102. The Labute approximate surface area is 122 Å². The Morgan fingerprint density at radius 2 is 2.05 bits per heavy atom. The molecule has 0 aliphatic rings. The number of amides is 1. The van der Waals surface area contributed by atoms with Crippen molar-refractivity contribution in [1.29, 1.82) is 0 Å². The summed E-state index contributed by atoms with van der Waals surface area (Å²) in [4.78, 5) is 13.4. The fourth-order valence-electron chi connectivity index (χ4n) is 1.79. The van der Waals surface area contributed by atoms with Crippen molar-refractivity contribution >= 4 is 29.0 Å². The second-order valence-corrected chi connectivity index (χ2v) is 5.03. The van der Waals surface area contributed by atoms with Crippen LogP contribution in [0.5, 0.6) is 5.75 Å². The highest BCUT2D eigenvalue weighted by Crippen LogP contribution is 2.24. The zero-order valence-electron chi connectivity index (χ0n) is 11.3. The number of thioether (sulfide) groups is 1. The number of benzene rings is 2. The fraction of sp³-hybridized carbons (Fsp3) is 0.133. The highest BCUT2D eigenvalue weighted by molar-refractivity contribution is 7.98. The van der Waals surface area contributed by atoms with Gasteiger partial charge in [0.15, 0.2) is 0 Å². The highest BCUT2D eigenvalue weighted by atomic mass is 32.2. The van der Waals surface area contributed by atoms with Crippen molar-refractivity contribution < 1.29 is 9.53 Å². The molecule has 20 heavy (non-hydrogen) atoms. The molecule has 0 radical (unpaired) electrons. The minimum atomic E-state index is -0.222. The Bertz CT molecular complexity index is 629. The van der Waals surface area contributed by atoms with Crippen LogP contribution in [-0.2, 0) is 0 Å². The quantitative estimate of drug-likeness (QED) is 0.669. The molecule has 0 aliphatic carbocycles. The van der Waals surface area contributed by atoms with Crippen LogP contribution >= 0.6 is 11.8 Å². The van der Waals surface area contributed by atoms with Crippen molar-refractivity contribution in [2.75, 3.05) is 24.4 Å². The van der Waals surface area contributed by atoms with Gasteiger partial charge in [0.25, 0.3) is 5.91 Å². The zero-order valence-corrected chi connectivity index (χ0v) is 12.2. The predicted molar refractivity (Wildman–Crippen MR) is 83.6 cm³/mol. The summed E-state index contributed by atoms with van der Waals surface area (Å²) in [5, 5.41) is 2.85. The predicted octanol–water partition coefficient (Wildman–Crippen LogP) is 3.25. The number of nitrogens with two attached hydrogens (primary N) is 1. The van der Waals surface area contributed by atoms with Crippen LogP contribution in [0.25, 0.3) is 0 Å². The number of carbonyl (C=O) groups is 1. The van der Waals surface area contributed by atoms with E-state index < -0.39 is 0 Å². The van der Waals surface area contributed by atoms with Crippen LogP contribution in [0.3, 0.4) is 0 Å². The summed E-state index contributed by atoms with van der Waals surface area (Å²) < 4.78 is 5.18. The second kappa shape index (κ2) is 6.34. The monoisotopic (exact) mass is 288 g/mol. The summed E-state index contributed by atoms with van der Waals surface area (Å²) in [5.74, 6) is 0.239. The van der Waals surface area contributed by atoms with E-state index in [-0.39, 0.29) is 5.91 Å². The molecule has 0 aliphatic heterocycles. The first kappa shape index (κ1) is 14.3. The fourth-order valence-corrected chi connectivity index (χ4v) is 2.25. The number of anilines is 2. The molecule has 2 rings (SSSR count). The Morgan fingerprint density at radius 3 is 2.75 bits per heavy atom. The first-order valence-corrected chi connectivity index (χ1v) is 7.25. The molecule has 0 saturated heterocycles. The molecule has 0 spiro atoms. The van der Waals surface area contributed by atoms with Crippen LogP contribution < -0.4 is 15.8 Å². The van der Waals surface area contributed by atoms with E-state index in [1.165, 1.54) is 7.11 Å². The van der Waals surface area contributed by atoms with Gasteiger partial charge in [0.05, 0.1) is 12.7 Å². The number of rotatable bonds is 4. The molecule has 0 aromatic heterocycles. The number of nitrogen functional groups attached to an aromatic ring is 1. The number of methoxy groups -OCH3 is 1. The van der Waals surface area contributed by atoms with Crippen LogP contribution in [-0.4, -0.2) is 19.3 Å². The van der Waals surface area contributed by atoms with Crippen molar-refractivity contribution in [1.82, 2.24) is 0 Å². The molecule has 104 valence electrons. The second-order valence-electron chi connectivity index (χ2n) is 4.15. The van der Waals surface area contributed by atoms with Crippen LogP contribution in [0.2, 0.25) is 0 Å². The molecule has 0 bridgehead atoms. The van der Waals surface area contributed by atoms with Crippen molar-refractivity contribution in [3.05, 3.63) is 48.0 Å². The molecule has 3 N–H and O–H groups in total. The number of carbonyl (C=O) groups excluding carboxylic acids is 1. The van der Waals surface area contributed by atoms with E-state index in [1.54, 1.807) is 30.0 Å². The van der Waals surface area contributed by atoms with E-state index in [0.717, 1.165) is 10.6 Å². The van der Waals surface area contributed by atoms with Gasteiger partial charge in [-0.25, -0.2) is 0 Å². The van der Waals surface area contributed by atoms with E-state index in [1.807, 2.05) is 30.5 Å². The number of nitrogens with one attached hydrogen (secondary N) is 1. The SMILES string of the molecule is COc1cc(N)ccc1C(=O)Nc1cccc(SC)c1. The Hall–Kier alpha value is -2.14. The molecule has 0 unspecified atom stereocenters. The molecule has 0 fully saturated rings. The first-order valence-electron chi connectivity index (χ1n) is 6.03. The summed E-state index contributed by atoms with van der Waals surface area (Å²) in [6.07, 6.45) is 1.99. The van der Waals surface area contributed by atoms with Gasteiger partial charge in [0.1, 0.15) is 5.75 Å². The molecule has 0 saturated carbocycles. The van der Waals surface area contributed by atoms with Crippen LogP contribution in [0.4, 0.5) is 11.4 Å². The molecule has 0 heterocycles. The standard InChI is InChI=1S/C15H16N2O2S/c1-19-14-8-10(16)6-7-13(14)15(18)17-11-4-3-5-12(9-11)20-2/h3-9H,16H2,1-2H3,(H,17,18). The molecule has 1 amide bonds. The van der Waals surface area contributed by atoms with E-state index in [4.69, 9.17) is 10.5 Å². The summed E-state index contributed by atoms with van der Waals surface area (Å²) in [7, 11) is 1.51. The minimum Gasteiger partial charge on any atom is -0.496 e. The summed E-state index contributed by atoms with van der Waals surface area (Å²) in [6.45, 7) is 0. The van der Waals surface area contributed by atoms with Crippen LogP contribution in [0.15, 0.2) is 47.4 Å². The normalized spacial score (nSPS) is 10.1. The first-order chi connectivity index (χ1) is 9.63. The minimum absolute atomic E-state index is 0.222. The van der Waals surface area contributed by atoms with Gasteiger partial charge < -0.3 is 15.8 Å². The average molecular weight is 288 g/mol. The molecule has 5 heteroatoms. The third-order valence-electron chi connectivity index (χ3n) is 2.80. The summed E-state index contributed by atoms with van der Waals surface area (Å²) in [6, 6.07) is 12.6. The summed E-state index contributed by atoms with van der Waals surface area (Å²) in [5.41, 5.74) is 7.44. The van der Waals surface area contributed by atoms with Crippen LogP contribution in [0.1, 0.15) is 10.4 Å². The van der Waals surface area contributed by atoms with Crippen molar-refractivity contribution in [2.24, 2.45) is 0 Å². The van der Waals surface area contributed by atoms with Crippen molar-refractivity contribution in [2.45, 2.75) is 4.90 Å². The van der Waals surface area contributed by atoms with Gasteiger partial charge in [-0.1, -0.05) is 6.07 Å². The lowest BCUT2D eigenvalue weighted by atomic mass is 10.1. The number of hydrogen-bond donors (Lipinski definition) is 2. The van der Waals surface area contributed by atoms with E-state index >= 15 is 0 Å². The van der Waals surface area contributed by atoms with Crippen LogP contribution in [0, 0.1) is 0 Å². The van der Waals surface area contributed by atoms with Crippen molar-refractivity contribution in [3.63, 3.8) is 0 Å². The molecule has 2 aromatic carbocycles. The average Bonchev–Trinajstić information content (AvgIpc) is 2.47. The van der Waals surface area contributed by atoms with Gasteiger partial charge in [-0.3, -0.25) is 4.79 Å². The van der Waals surface area contributed by atoms with Gasteiger partial charge in [0, 0.05) is 22.3 Å². The Balaban J connectivity index is 2.23. The molecular weight excluding hydrogens is 272 g/mol. The highest BCUT2D eigenvalue weighted by Gasteiger charge is 2.12. The maximum absolute atomic E-state index is 12.3. The zero-order chi connectivity index (χ0) is 14.5.